The summed E-state index contributed by atoms with van der Waals surface area (Å²) in [5.41, 5.74) is 1.06. The van der Waals surface area contributed by atoms with Crippen molar-refractivity contribution >= 4 is 11.6 Å². The summed E-state index contributed by atoms with van der Waals surface area (Å²) in [6.45, 7) is 2.84. The van der Waals surface area contributed by atoms with Gasteiger partial charge in [0, 0.05) is 23.2 Å². The van der Waals surface area contributed by atoms with E-state index in [0.717, 1.165) is 17.8 Å². The van der Waals surface area contributed by atoms with E-state index in [1.54, 1.807) is 12.1 Å². The van der Waals surface area contributed by atoms with Crippen LogP contribution >= 0.6 is 11.6 Å². The van der Waals surface area contributed by atoms with Crippen molar-refractivity contribution in [2.45, 2.75) is 58.0 Å². The van der Waals surface area contributed by atoms with Gasteiger partial charge in [0.1, 0.15) is 5.82 Å². The average molecular weight is 322 g/mol. The van der Waals surface area contributed by atoms with E-state index in [4.69, 9.17) is 11.6 Å². The largest absolute Gasteiger partial charge is 0.309 e. The van der Waals surface area contributed by atoms with Crippen molar-refractivity contribution in [1.29, 1.82) is 0 Å². The smallest absolute Gasteiger partial charge is 0.129 e. The van der Waals surface area contributed by atoms with E-state index in [-0.39, 0.29) is 5.82 Å². The molecule has 1 atom stereocenters. The Labute approximate surface area is 137 Å². The van der Waals surface area contributed by atoms with E-state index >= 15 is 0 Å². The fourth-order valence-corrected chi connectivity index (χ4v) is 6.11. The maximum absolute atomic E-state index is 13.9. The van der Waals surface area contributed by atoms with E-state index in [1.165, 1.54) is 44.6 Å². The highest BCUT2D eigenvalue weighted by molar-refractivity contribution is 6.31. The zero-order chi connectivity index (χ0) is 15.3. The van der Waals surface area contributed by atoms with Crippen molar-refractivity contribution < 1.29 is 4.39 Å². The van der Waals surface area contributed by atoms with Crippen LogP contribution in [0.4, 0.5) is 4.39 Å². The highest BCUT2D eigenvalue weighted by atomic mass is 35.5. The van der Waals surface area contributed by atoms with Crippen LogP contribution in [0.15, 0.2) is 18.2 Å². The third-order valence-corrected chi connectivity index (χ3v) is 7.00. The Kier molecular flexibility index (Phi) is 3.73. The van der Waals surface area contributed by atoms with Crippen molar-refractivity contribution in [1.82, 2.24) is 5.32 Å². The molecule has 0 aliphatic heterocycles. The standard InChI is InChI=1S/C19H25ClFN/c1-12(22-11-16-17(20)3-2-4-18(16)21)19-8-13-5-14(9-19)7-15(6-13)10-19/h2-4,12-15,22H,5-11H2,1H3/t12-,13?,14?,15?,19?/m0/s1. The van der Waals surface area contributed by atoms with E-state index in [0.29, 0.717) is 28.6 Å². The lowest BCUT2D eigenvalue weighted by atomic mass is 9.48. The first kappa shape index (κ1) is 15.0. The van der Waals surface area contributed by atoms with Crippen LogP contribution in [0, 0.1) is 29.0 Å². The van der Waals surface area contributed by atoms with Gasteiger partial charge in [-0.2, -0.15) is 0 Å². The van der Waals surface area contributed by atoms with Gasteiger partial charge >= 0.3 is 0 Å². The normalized spacial score (nSPS) is 37.5. The molecule has 0 aromatic heterocycles. The number of hydrogen-bond acceptors (Lipinski definition) is 1. The van der Waals surface area contributed by atoms with Crippen molar-refractivity contribution in [3.05, 3.63) is 34.6 Å². The van der Waals surface area contributed by atoms with Crippen LogP contribution in [-0.4, -0.2) is 6.04 Å². The molecule has 0 saturated heterocycles. The summed E-state index contributed by atoms with van der Waals surface area (Å²) >= 11 is 6.15. The van der Waals surface area contributed by atoms with Crippen LogP contribution in [0.5, 0.6) is 0 Å². The third kappa shape index (κ3) is 2.49. The zero-order valence-corrected chi connectivity index (χ0v) is 14.0. The van der Waals surface area contributed by atoms with E-state index in [2.05, 4.69) is 12.2 Å². The van der Waals surface area contributed by atoms with Gasteiger partial charge in [-0.25, -0.2) is 4.39 Å². The summed E-state index contributed by atoms with van der Waals surface area (Å²) < 4.78 is 13.9. The maximum Gasteiger partial charge on any atom is 0.129 e. The molecule has 4 saturated carbocycles. The van der Waals surface area contributed by atoms with Crippen LogP contribution < -0.4 is 5.32 Å². The molecule has 4 bridgehead atoms. The summed E-state index contributed by atoms with van der Waals surface area (Å²) in [7, 11) is 0. The second-order valence-electron chi connectivity index (χ2n) is 8.08. The topological polar surface area (TPSA) is 12.0 Å². The molecule has 1 N–H and O–H groups in total. The molecule has 0 unspecified atom stereocenters. The minimum atomic E-state index is -0.197. The molecular weight excluding hydrogens is 297 g/mol. The molecule has 120 valence electrons. The molecule has 1 aromatic rings. The highest BCUT2D eigenvalue weighted by Crippen LogP contribution is 2.61. The van der Waals surface area contributed by atoms with Crippen molar-refractivity contribution in [2.24, 2.45) is 23.2 Å². The minimum Gasteiger partial charge on any atom is -0.309 e. The summed E-state index contributed by atoms with van der Waals surface area (Å²) in [5, 5.41) is 4.15. The van der Waals surface area contributed by atoms with Gasteiger partial charge in [-0.3, -0.25) is 0 Å². The molecule has 1 aromatic carbocycles. The van der Waals surface area contributed by atoms with Gasteiger partial charge in [-0.05, 0) is 80.8 Å². The number of nitrogens with one attached hydrogen (secondary N) is 1. The predicted molar refractivity (Wildman–Crippen MR) is 88.3 cm³/mol. The minimum absolute atomic E-state index is 0.197. The summed E-state index contributed by atoms with van der Waals surface area (Å²) in [5.74, 6) is 2.66. The summed E-state index contributed by atoms with van der Waals surface area (Å²) in [4.78, 5) is 0. The van der Waals surface area contributed by atoms with Crippen LogP contribution in [0.25, 0.3) is 0 Å². The third-order valence-electron chi connectivity index (χ3n) is 6.65. The van der Waals surface area contributed by atoms with Gasteiger partial charge in [0.2, 0.25) is 0 Å². The zero-order valence-electron chi connectivity index (χ0n) is 13.2. The van der Waals surface area contributed by atoms with Gasteiger partial charge in [0.05, 0.1) is 0 Å². The highest BCUT2D eigenvalue weighted by Gasteiger charge is 2.52. The van der Waals surface area contributed by atoms with Gasteiger partial charge in [0.15, 0.2) is 0 Å². The Morgan fingerprint density at radius 2 is 1.77 bits per heavy atom. The monoisotopic (exact) mass is 321 g/mol. The number of hydrogen-bond donors (Lipinski definition) is 1. The molecule has 4 aliphatic rings. The predicted octanol–water partition coefficient (Wildman–Crippen LogP) is 5.17. The van der Waals surface area contributed by atoms with Crippen molar-refractivity contribution in [2.75, 3.05) is 0 Å². The summed E-state index contributed by atoms with van der Waals surface area (Å²) in [6.07, 6.45) is 8.51. The molecular formula is C19H25ClFN. The lowest BCUT2D eigenvalue weighted by molar-refractivity contribution is -0.0707. The number of benzene rings is 1. The molecule has 22 heavy (non-hydrogen) atoms. The van der Waals surface area contributed by atoms with Crippen molar-refractivity contribution in [3.63, 3.8) is 0 Å². The van der Waals surface area contributed by atoms with E-state index in [9.17, 15) is 4.39 Å². The van der Waals surface area contributed by atoms with Crippen LogP contribution in [0.3, 0.4) is 0 Å². The van der Waals surface area contributed by atoms with E-state index in [1.807, 2.05) is 0 Å². The Hall–Kier alpha value is -0.600. The fraction of sp³-hybridized carbons (Fsp3) is 0.684. The Bertz CT molecular complexity index is 515. The second-order valence-corrected chi connectivity index (χ2v) is 8.49. The van der Waals surface area contributed by atoms with Crippen LogP contribution in [0.1, 0.15) is 51.0 Å². The molecule has 1 nitrogen and oxygen atoms in total. The first-order valence-corrected chi connectivity index (χ1v) is 9.10. The Morgan fingerprint density at radius 3 is 2.32 bits per heavy atom. The molecule has 0 radical (unpaired) electrons. The lowest BCUT2D eigenvalue weighted by Crippen LogP contribution is -2.54. The van der Waals surface area contributed by atoms with Gasteiger partial charge in [-0.1, -0.05) is 17.7 Å². The molecule has 0 amide bonds. The van der Waals surface area contributed by atoms with Gasteiger partial charge < -0.3 is 5.32 Å². The van der Waals surface area contributed by atoms with Gasteiger partial charge in [0.25, 0.3) is 0 Å². The molecule has 5 rings (SSSR count). The fourth-order valence-electron chi connectivity index (χ4n) is 5.88. The molecule has 0 heterocycles. The van der Waals surface area contributed by atoms with Gasteiger partial charge in [-0.15, -0.1) is 0 Å². The van der Waals surface area contributed by atoms with Crippen molar-refractivity contribution in [3.8, 4) is 0 Å². The summed E-state index contributed by atoms with van der Waals surface area (Å²) in [6, 6.07) is 5.38. The average Bonchev–Trinajstić information content (AvgIpc) is 2.45. The maximum atomic E-state index is 13.9. The number of halogens is 2. The van der Waals surface area contributed by atoms with Crippen LogP contribution in [0.2, 0.25) is 5.02 Å². The SMILES string of the molecule is C[C@H](NCc1c(F)cccc1Cl)C12CC3CC(CC(C3)C1)C2. The lowest BCUT2D eigenvalue weighted by Gasteiger charge is -2.59. The first-order valence-electron chi connectivity index (χ1n) is 8.72. The van der Waals surface area contributed by atoms with Crippen LogP contribution in [-0.2, 0) is 6.54 Å². The Morgan fingerprint density at radius 1 is 1.18 bits per heavy atom. The molecule has 3 heteroatoms. The molecule has 4 aliphatic carbocycles. The van der Waals surface area contributed by atoms with E-state index < -0.39 is 0 Å². The Balaban J connectivity index is 1.47. The molecule has 0 spiro atoms. The quantitative estimate of drug-likeness (QED) is 0.806. The second kappa shape index (κ2) is 5.49. The number of rotatable bonds is 4. The molecule has 4 fully saturated rings. The first-order chi connectivity index (χ1) is 10.6.